The van der Waals surface area contributed by atoms with Crippen molar-refractivity contribution in [3.8, 4) is 5.88 Å². The first-order valence-electron chi connectivity index (χ1n) is 5.08. The summed E-state index contributed by atoms with van der Waals surface area (Å²) in [5, 5.41) is 2.68. The molecule has 3 N–H and O–H groups in total. The van der Waals surface area contributed by atoms with Gasteiger partial charge < -0.3 is 10.5 Å². The SMILES string of the molecule is CCC(C)(N)C(=O)Nc1nc(Cl)cc(OC)n1. The Balaban J connectivity index is 2.88. The van der Waals surface area contributed by atoms with E-state index in [-0.39, 0.29) is 22.9 Å². The fraction of sp³-hybridized carbons (Fsp3) is 0.500. The highest BCUT2D eigenvalue weighted by molar-refractivity contribution is 6.29. The van der Waals surface area contributed by atoms with Gasteiger partial charge in [0.05, 0.1) is 12.6 Å². The molecule has 0 aromatic carbocycles. The van der Waals surface area contributed by atoms with E-state index in [1.807, 2.05) is 6.92 Å². The van der Waals surface area contributed by atoms with E-state index in [1.165, 1.54) is 13.2 Å². The number of rotatable bonds is 4. The molecule has 0 saturated heterocycles. The Morgan fingerprint density at radius 3 is 2.82 bits per heavy atom. The minimum Gasteiger partial charge on any atom is -0.481 e. The second kappa shape index (κ2) is 5.29. The number of nitrogens with two attached hydrogens (primary N) is 1. The summed E-state index contributed by atoms with van der Waals surface area (Å²) in [6, 6.07) is 1.44. The molecule has 6 nitrogen and oxygen atoms in total. The monoisotopic (exact) mass is 258 g/mol. The van der Waals surface area contributed by atoms with Gasteiger partial charge in [-0.25, -0.2) is 4.98 Å². The fourth-order valence-corrected chi connectivity index (χ4v) is 1.14. The first-order valence-corrected chi connectivity index (χ1v) is 5.45. The Hall–Kier alpha value is -1.40. The molecular formula is C10H15ClN4O2. The molecule has 17 heavy (non-hydrogen) atoms. The van der Waals surface area contributed by atoms with Crippen LogP contribution < -0.4 is 15.8 Å². The van der Waals surface area contributed by atoms with E-state index >= 15 is 0 Å². The zero-order valence-corrected chi connectivity index (χ0v) is 10.7. The predicted octanol–water partition coefficient (Wildman–Crippen LogP) is 1.20. The van der Waals surface area contributed by atoms with Crippen LogP contribution in [0, 0.1) is 0 Å². The number of ether oxygens (including phenoxy) is 1. The Morgan fingerprint density at radius 1 is 1.65 bits per heavy atom. The van der Waals surface area contributed by atoms with Crippen molar-refractivity contribution in [2.24, 2.45) is 5.73 Å². The lowest BCUT2D eigenvalue weighted by molar-refractivity contribution is -0.120. The van der Waals surface area contributed by atoms with Gasteiger partial charge in [-0.15, -0.1) is 0 Å². The van der Waals surface area contributed by atoms with Crippen molar-refractivity contribution < 1.29 is 9.53 Å². The molecule has 1 aromatic rings. The van der Waals surface area contributed by atoms with Crippen LogP contribution in [-0.4, -0.2) is 28.5 Å². The highest BCUT2D eigenvalue weighted by Crippen LogP contribution is 2.16. The minimum absolute atomic E-state index is 0.0736. The van der Waals surface area contributed by atoms with Gasteiger partial charge in [0.15, 0.2) is 0 Å². The number of anilines is 1. The average Bonchev–Trinajstić information content (AvgIpc) is 2.28. The number of nitrogens with zero attached hydrogens (tertiary/aromatic N) is 2. The molecule has 1 heterocycles. The third-order valence-corrected chi connectivity index (χ3v) is 2.55. The number of carbonyl (C=O) groups excluding carboxylic acids is 1. The number of hydrogen-bond donors (Lipinski definition) is 2. The summed E-state index contributed by atoms with van der Waals surface area (Å²) in [4.78, 5) is 19.6. The van der Waals surface area contributed by atoms with Crippen LogP contribution in [-0.2, 0) is 4.79 Å². The van der Waals surface area contributed by atoms with Crippen LogP contribution in [0.3, 0.4) is 0 Å². The first-order chi connectivity index (χ1) is 7.89. The second-order valence-corrected chi connectivity index (χ2v) is 4.17. The van der Waals surface area contributed by atoms with Crippen LogP contribution in [0.25, 0.3) is 0 Å². The molecule has 0 radical (unpaired) electrons. The van der Waals surface area contributed by atoms with E-state index in [0.29, 0.717) is 6.42 Å². The number of methoxy groups -OCH3 is 1. The molecule has 94 valence electrons. The van der Waals surface area contributed by atoms with Gasteiger partial charge in [0.1, 0.15) is 5.15 Å². The van der Waals surface area contributed by atoms with Crippen LogP contribution in [0.1, 0.15) is 20.3 Å². The minimum atomic E-state index is -0.973. The quantitative estimate of drug-likeness (QED) is 0.792. The summed E-state index contributed by atoms with van der Waals surface area (Å²) >= 11 is 5.75. The maximum absolute atomic E-state index is 11.8. The topological polar surface area (TPSA) is 90.1 Å². The van der Waals surface area contributed by atoms with E-state index in [0.717, 1.165) is 0 Å². The molecule has 1 amide bonds. The molecule has 1 atom stereocenters. The lowest BCUT2D eigenvalue weighted by atomic mass is 10.00. The van der Waals surface area contributed by atoms with E-state index in [1.54, 1.807) is 6.92 Å². The van der Waals surface area contributed by atoms with Gasteiger partial charge in [-0.2, -0.15) is 4.98 Å². The van der Waals surface area contributed by atoms with E-state index < -0.39 is 5.54 Å². The van der Waals surface area contributed by atoms with Crippen molar-refractivity contribution in [3.05, 3.63) is 11.2 Å². The van der Waals surface area contributed by atoms with Crippen LogP contribution in [0.5, 0.6) is 5.88 Å². The van der Waals surface area contributed by atoms with Crippen LogP contribution >= 0.6 is 11.6 Å². The van der Waals surface area contributed by atoms with Crippen molar-refractivity contribution in [1.82, 2.24) is 9.97 Å². The van der Waals surface area contributed by atoms with Crippen LogP contribution in [0.4, 0.5) is 5.95 Å². The number of nitrogens with one attached hydrogen (secondary N) is 1. The summed E-state index contributed by atoms with van der Waals surface area (Å²) < 4.78 is 4.91. The summed E-state index contributed by atoms with van der Waals surface area (Å²) in [6.45, 7) is 3.45. The molecule has 0 aliphatic heterocycles. The third-order valence-electron chi connectivity index (χ3n) is 2.36. The number of carbonyl (C=O) groups is 1. The van der Waals surface area contributed by atoms with Crippen molar-refractivity contribution in [2.45, 2.75) is 25.8 Å². The third kappa shape index (κ3) is 3.54. The fourth-order valence-electron chi connectivity index (χ4n) is 0.962. The Kier molecular flexibility index (Phi) is 4.25. The zero-order valence-electron chi connectivity index (χ0n) is 9.95. The van der Waals surface area contributed by atoms with Crippen LogP contribution in [0.2, 0.25) is 5.15 Å². The maximum atomic E-state index is 11.8. The largest absolute Gasteiger partial charge is 0.481 e. The van der Waals surface area contributed by atoms with Crippen LogP contribution in [0.15, 0.2) is 6.07 Å². The van der Waals surface area contributed by atoms with Gasteiger partial charge >= 0.3 is 0 Å². The zero-order chi connectivity index (χ0) is 13.1. The molecule has 7 heteroatoms. The highest BCUT2D eigenvalue weighted by Gasteiger charge is 2.26. The lowest BCUT2D eigenvalue weighted by Crippen LogP contribution is -2.48. The lowest BCUT2D eigenvalue weighted by Gasteiger charge is -2.20. The molecule has 0 aliphatic rings. The summed E-state index contributed by atoms with van der Waals surface area (Å²) in [7, 11) is 1.45. The normalized spacial score (nSPS) is 13.9. The summed E-state index contributed by atoms with van der Waals surface area (Å²) in [6.07, 6.45) is 0.497. The molecular weight excluding hydrogens is 244 g/mol. The predicted molar refractivity (Wildman–Crippen MR) is 65.1 cm³/mol. The smallest absolute Gasteiger partial charge is 0.246 e. The van der Waals surface area contributed by atoms with Gasteiger partial charge in [0.25, 0.3) is 0 Å². The van der Waals surface area contributed by atoms with E-state index in [4.69, 9.17) is 22.1 Å². The van der Waals surface area contributed by atoms with Crippen molar-refractivity contribution in [2.75, 3.05) is 12.4 Å². The molecule has 0 spiro atoms. The van der Waals surface area contributed by atoms with E-state index in [9.17, 15) is 4.79 Å². The van der Waals surface area contributed by atoms with Crippen molar-refractivity contribution in [3.63, 3.8) is 0 Å². The van der Waals surface area contributed by atoms with Crippen molar-refractivity contribution >= 4 is 23.5 Å². The standard InChI is InChI=1S/C10H15ClN4O2/c1-4-10(2,12)8(16)15-9-13-6(11)5-7(14-9)17-3/h5H,4,12H2,1-3H3,(H,13,14,15,16). The highest BCUT2D eigenvalue weighted by atomic mass is 35.5. The molecule has 1 unspecified atom stereocenters. The molecule has 0 bridgehead atoms. The second-order valence-electron chi connectivity index (χ2n) is 3.78. The Labute approximate surface area is 105 Å². The van der Waals surface area contributed by atoms with Crippen molar-refractivity contribution in [1.29, 1.82) is 0 Å². The Morgan fingerprint density at radius 2 is 2.29 bits per heavy atom. The Bertz CT molecular complexity index is 423. The summed E-state index contributed by atoms with van der Waals surface area (Å²) in [5.74, 6) is -0.0238. The van der Waals surface area contributed by atoms with Gasteiger partial charge in [0, 0.05) is 6.07 Å². The number of amides is 1. The van der Waals surface area contributed by atoms with Gasteiger partial charge in [0.2, 0.25) is 17.7 Å². The average molecular weight is 259 g/mol. The maximum Gasteiger partial charge on any atom is 0.246 e. The number of halogens is 1. The molecule has 1 aromatic heterocycles. The molecule has 0 saturated carbocycles. The van der Waals surface area contributed by atoms with Gasteiger partial charge in [-0.1, -0.05) is 18.5 Å². The van der Waals surface area contributed by atoms with Gasteiger partial charge in [-0.05, 0) is 13.3 Å². The van der Waals surface area contributed by atoms with Gasteiger partial charge in [-0.3, -0.25) is 10.1 Å². The number of hydrogen-bond acceptors (Lipinski definition) is 5. The molecule has 1 rings (SSSR count). The number of aromatic nitrogens is 2. The molecule has 0 aliphatic carbocycles. The first kappa shape index (κ1) is 13.7. The van der Waals surface area contributed by atoms with E-state index in [2.05, 4.69) is 15.3 Å². The summed E-state index contributed by atoms with van der Waals surface area (Å²) in [5.41, 5.74) is 4.81. The molecule has 0 fully saturated rings.